The molecule has 2 aromatic heterocycles. The van der Waals surface area contributed by atoms with Crippen LogP contribution in [0.4, 0.5) is 5.82 Å². The van der Waals surface area contributed by atoms with Gasteiger partial charge in [0, 0.05) is 12.0 Å². The molecule has 4 rings (SSSR count). The van der Waals surface area contributed by atoms with E-state index in [2.05, 4.69) is 51.5 Å². The summed E-state index contributed by atoms with van der Waals surface area (Å²) in [4.78, 5) is 26.1. The Labute approximate surface area is 236 Å². The van der Waals surface area contributed by atoms with Gasteiger partial charge in [-0.2, -0.15) is 8.42 Å². The number of benzene rings is 2. The zero-order valence-electron chi connectivity index (χ0n) is 23.0. The first-order valence-corrected chi connectivity index (χ1v) is 15.5. The van der Waals surface area contributed by atoms with Gasteiger partial charge in [-0.15, -0.1) is 0 Å². The van der Waals surface area contributed by atoms with Crippen molar-refractivity contribution in [2.24, 2.45) is 5.92 Å². The quantitative estimate of drug-likeness (QED) is 0.142. The SMILES string of the molecule is C[C@@H](CCCCC(=O)Nc1ccc2ncc(-c3cccc(COS(C)(=O)=O)c3)nc2n1)CCCc1ccccc1. The molecule has 0 radical (unpaired) electrons. The first-order chi connectivity index (χ1) is 19.2. The van der Waals surface area contributed by atoms with E-state index in [1.165, 1.54) is 18.4 Å². The van der Waals surface area contributed by atoms with Crippen LogP contribution in [0.3, 0.4) is 0 Å². The second-order valence-electron chi connectivity index (χ2n) is 10.2. The third-order valence-corrected chi connectivity index (χ3v) is 7.24. The molecule has 9 heteroatoms. The van der Waals surface area contributed by atoms with Crippen LogP contribution in [0.15, 0.2) is 72.9 Å². The van der Waals surface area contributed by atoms with E-state index in [0.29, 0.717) is 40.6 Å². The van der Waals surface area contributed by atoms with E-state index in [0.717, 1.165) is 37.5 Å². The molecule has 2 heterocycles. The molecule has 4 aromatic rings. The van der Waals surface area contributed by atoms with Gasteiger partial charge in [0.2, 0.25) is 5.91 Å². The van der Waals surface area contributed by atoms with Crippen molar-refractivity contribution in [3.8, 4) is 11.3 Å². The van der Waals surface area contributed by atoms with Crippen LogP contribution >= 0.6 is 0 Å². The number of carbonyl (C=O) groups excluding carboxylic acids is 1. The van der Waals surface area contributed by atoms with Crippen molar-refractivity contribution in [3.05, 3.63) is 84.1 Å². The van der Waals surface area contributed by atoms with Gasteiger partial charge in [0.1, 0.15) is 11.3 Å². The van der Waals surface area contributed by atoms with Gasteiger partial charge >= 0.3 is 0 Å². The van der Waals surface area contributed by atoms with Gasteiger partial charge in [-0.3, -0.25) is 14.0 Å². The predicted octanol–water partition coefficient (Wildman–Crippen LogP) is 6.33. The van der Waals surface area contributed by atoms with Crippen LogP contribution in [-0.2, 0) is 32.1 Å². The molecular formula is C31H36N4O4S. The predicted molar refractivity (Wildman–Crippen MR) is 158 cm³/mol. The Morgan fingerprint density at radius 1 is 0.925 bits per heavy atom. The van der Waals surface area contributed by atoms with Crippen LogP contribution in [0.2, 0.25) is 0 Å². The molecule has 40 heavy (non-hydrogen) atoms. The summed E-state index contributed by atoms with van der Waals surface area (Å²) in [6, 6.07) is 21.3. The zero-order valence-corrected chi connectivity index (χ0v) is 23.9. The fraction of sp³-hybridized carbons (Fsp3) is 0.355. The second kappa shape index (κ2) is 14.1. The van der Waals surface area contributed by atoms with Crippen molar-refractivity contribution in [1.29, 1.82) is 0 Å². The molecule has 2 aromatic carbocycles. The van der Waals surface area contributed by atoms with Crippen molar-refractivity contribution in [3.63, 3.8) is 0 Å². The lowest BCUT2D eigenvalue weighted by atomic mass is 9.96. The fourth-order valence-electron chi connectivity index (χ4n) is 4.53. The minimum absolute atomic E-state index is 0.0602. The Hall–Kier alpha value is -3.69. The standard InChI is InChI=1S/C31H36N4O4S/c1-23(11-8-14-24-12-4-3-5-13-24)10-6-7-17-30(36)34-29-19-18-27-31(35-29)33-28(21-32-27)26-16-9-15-25(20-26)22-39-40(2,37)38/h3-5,9,12-13,15-16,18-21,23H,6-8,10-11,14,17,22H2,1-2H3,(H,33,34,35,36)/t23-/m0/s1. The molecular weight excluding hydrogens is 524 g/mol. The summed E-state index contributed by atoms with van der Waals surface area (Å²) < 4.78 is 27.5. The Kier molecular flexibility index (Phi) is 10.3. The summed E-state index contributed by atoms with van der Waals surface area (Å²) in [6.45, 7) is 2.23. The number of aromatic nitrogens is 3. The minimum Gasteiger partial charge on any atom is -0.311 e. The normalized spacial score (nSPS) is 12.3. The number of rotatable bonds is 14. The number of fused-ring (bicyclic) bond motifs is 1. The number of hydrogen-bond donors (Lipinski definition) is 1. The topological polar surface area (TPSA) is 111 Å². The molecule has 0 aliphatic rings. The molecule has 0 bridgehead atoms. The lowest BCUT2D eigenvalue weighted by Crippen LogP contribution is -2.12. The maximum Gasteiger partial charge on any atom is 0.264 e. The number of nitrogens with zero attached hydrogens (tertiary/aromatic N) is 3. The van der Waals surface area contributed by atoms with Gasteiger partial charge < -0.3 is 5.32 Å². The van der Waals surface area contributed by atoms with Gasteiger partial charge in [0.25, 0.3) is 10.1 Å². The van der Waals surface area contributed by atoms with Gasteiger partial charge in [-0.25, -0.2) is 9.97 Å². The summed E-state index contributed by atoms with van der Waals surface area (Å²) in [5, 5.41) is 2.88. The Morgan fingerprint density at radius 3 is 2.50 bits per heavy atom. The molecule has 0 saturated carbocycles. The number of carbonyl (C=O) groups is 1. The number of nitrogens with one attached hydrogen (secondary N) is 1. The molecule has 0 aliphatic carbocycles. The minimum atomic E-state index is -3.54. The van der Waals surface area contributed by atoms with E-state index in [9.17, 15) is 13.2 Å². The van der Waals surface area contributed by atoms with Crippen molar-refractivity contribution in [1.82, 2.24) is 15.0 Å². The Morgan fingerprint density at radius 2 is 1.70 bits per heavy atom. The number of amides is 1. The van der Waals surface area contributed by atoms with E-state index in [-0.39, 0.29) is 12.5 Å². The average Bonchev–Trinajstić information content (AvgIpc) is 2.94. The molecule has 0 aliphatic heterocycles. The van der Waals surface area contributed by atoms with Gasteiger partial charge in [-0.05, 0) is 54.5 Å². The number of pyridine rings is 1. The summed E-state index contributed by atoms with van der Waals surface area (Å²) in [7, 11) is -3.54. The van der Waals surface area contributed by atoms with E-state index in [1.807, 2.05) is 12.1 Å². The van der Waals surface area contributed by atoms with Crippen LogP contribution in [0, 0.1) is 5.92 Å². The zero-order chi connectivity index (χ0) is 28.4. The first kappa shape index (κ1) is 29.3. The lowest BCUT2D eigenvalue weighted by molar-refractivity contribution is -0.116. The highest BCUT2D eigenvalue weighted by Gasteiger charge is 2.10. The Bertz CT molecular complexity index is 1530. The van der Waals surface area contributed by atoms with Gasteiger partial charge in [0.15, 0.2) is 5.65 Å². The molecule has 1 N–H and O–H groups in total. The summed E-state index contributed by atoms with van der Waals surface area (Å²) >= 11 is 0. The van der Waals surface area contributed by atoms with Crippen molar-refractivity contribution in [2.75, 3.05) is 11.6 Å². The smallest absolute Gasteiger partial charge is 0.264 e. The van der Waals surface area contributed by atoms with Crippen LogP contribution in [-0.4, -0.2) is 35.5 Å². The summed E-state index contributed by atoms with van der Waals surface area (Å²) in [5.41, 5.74) is 4.46. The van der Waals surface area contributed by atoms with Gasteiger partial charge in [0.05, 0.1) is 24.8 Å². The van der Waals surface area contributed by atoms with Gasteiger partial charge in [-0.1, -0.05) is 74.7 Å². The Balaban J connectivity index is 1.25. The maximum absolute atomic E-state index is 12.5. The van der Waals surface area contributed by atoms with E-state index >= 15 is 0 Å². The molecule has 1 amide bonds. The van der Waals surface area contributed by atoms with E-state index in [1.54, 1.807) is 36.5 Å². The van der Waals surface area contributed by atoms with Crippen LogP contribution in [0.5, 0.6) is 0 Å². The fourth-order valence-corrected chi connectivity index (χ4v) is 4.88. The van der Waals surface area contributed by atoms with Crippen LogP contribution < -0.4 is 5.32 Å². The molecule has 0 saturated heterocycles. The third kappa shape index (κ3) is 9.50. The maximum atomic E-state index is 12.5. The summed E-state index contributed by atoms with van der Waals surface area (Å²) in [6.07, 6.45) is 9.59. The highest BCUT2D eigenvalue weighted by molar-refractivity contribution is 7.85. The van der Waals surface area contributed by atoms with E-state index < -0.39 is 10.1 Å². The number of aryl methyl sites for hydroxylation is 1. The highest BCUT2D eigenvalue weighted by atomic mass is 32.2. The third-order valence-electron chi connectivity index (χ3n) is 6.69. The second-order valence-corrected chi connectivity index (χ2v) is 11.9. The lowest BCUT2D eigenvalue weighted by Gasteiger charge is -2.11. The molecule has 210 valence electrons. The molecule has 1 atom stereocenters. The van der Waals surface area contributed by atoms with Crippen LogP contribution in [0.25, 0.3) is 22.4 Å². The molecule has 0 fully saturated rings. The first-order valence-electron chi connectivity index (χ1n) is 13.7. The van der Waals surface area contributed by atoms with Crippen molar-refractivity contribution < 1.29 is 17.4 Å². The number of hydrogen-bond acceptors (Lipinski definition) is 7. The molecule has 8 nitrogen and oxygen atoms in total. The largest absolute Gasteiger partial charge is 0.311 e. The molecule has 0 unspecified atom stereocenters. The summed E-state index contributed by atoms with van der Waals surface area (Å²) in [5.74, 6) is 1.02. The number of unbranched alkanes of at least 4 members (excludes halogenated alkanes) is 1. The number of anilines is 1. The average molecular weight is 561 g/mol. The molecule has 0 spiro atoms. The van der Waals surface area contributed by atoms with Crippen LogP contribution in [0.1, 0.15) is 56.6 Å². The highest BCUT2D eigenvalue weighted by Crippen LogP contribution is 2.22. The van der Waals surface area contributed by atoms with Crippen molar-refractivity contribution in [2.45, 2.75) is 58.5 Å². The van der Waals surface area contributed by atoms with Crippen molar-refractivity contribution >= 4 is 33.0 Å². The van der Waals surface area contributed by atoms with E-state index in [4.69, 9.17) is 4.18 Å². The monoisotopic (exact) mass is 560 g/mol.